The first-order chi connectivity index (χ1) is 3.55. The molecule has 0 aromatic rings. The molecule has 9 heavy (non-hydrogen) atoms. The van der Waals surface area contributed by atoms with Gasteiger partial charge in [0.2, 0.25) is 0 Å². The summed E-state index contributed by atoms with van der Waals surface area (Å²) in [7, 11) is 0. The average Bonchev–Trinajstić information content (AvgIpc) is 1.64. The van der Waals surface area contributed by atoms with Crippen molar-refractivity contribution in [2.45, 2.75) is 19.9 Å². The average molecular weight is 176 g/mol. The molecule has 0 saturated heterocycles. The molecule has 0 bridgehead atoms. The van der Waals surface area contributed by atoms with Gasteiger partial charge in [-0.3, -0.25) is 4.79 Å². The molecule has 3 N–H and O–H groups in total. The van der Waals surface area contributed by atoms with Gasteiger partial charge in [0.25, 0.3) is 0 Å². The van der Waals surface area contributed by atoms with E-state index >= 15 is 0 Å². The van der Waals surface area contributed by atoms with Crippen molar-refractivity contribution in [2.24, 2.45) is 11.7 Å². The number of aliphatic carboxylic acids is 1. The van der Waals surface area contributed by atoms with Gasteiger partial charge in [-0.15, -0.1) is 0 Å². The molecule has 0 heterocycles. The number of rotatable bonds is 2. The Hall–Kier alpha value is -0.0635. The first-order valence-electron chi connectivity index (χ1n) is 2.54. The van der Waals surface area contributed by atoms with Crippen LogP contribution < -0.4 is 5.73 Å². The van der Waals surface area contributed by atoms with Crippen LogP contribution in [0.5, 0.6) is 0 Å². The summed E-state index contributed by atoms with van der Waals surface area (Å²) in [5.74, 6) is -0.910. The van der Waals surface area contributed by atoms with E-state index in [1.54, 1.807) is 13.8 Å². The standard InChI is InChI=1S/C5H11NO2.Co/c1-3(2)4(6)5(7)8;/h3-4H,6H2,1-2H3,(H,7,8);. The number of hydrogen-bond donors (Lipinski definition) is 2. The molecule has 0 aromatic carbocycles. The number of carboxylic acids is 1. The van der Waals surface area contributed by atoms with Gasteiger partial charge >= 0.3 is 5.97 Å². The van der Waals surface area contributed by atoms with Crippen molar-refractivity contribution in [3.8, 4) is 0 Å². The van der Waals surface area contributed by atoms with Crippen molar-refractivity contribution in [2.75, 3.05) is 0 Å². The smallest absolute Gasteiger partial charge is 0.320 e. The Balaban J connectivity index is 0. The summed E-state index contributed by atoms with van der Waals surface area (Å²) in [5, 5.41) is 8.23. The fourth-order valence-corrected chi connectivity index (χ4v) is 0.285. The molecule has 3 nitrogen and oxygen atoms in total. The Morgan fingerprint density at radius 1 is 1.56 bits per heavy atom. The van der Waals surface area contributed by atoms with E-state index < -0.39 is 12.0 Å². The molecular weight excluding hydrogens is 165 g/mol. The van der Waals surface area contributed by atoms with E-state index in [1.165, 1.54) is 0 Å². The molecule has 4 heteroatoms. The van der Waals surface area contributed by atoms with Gasteiger partial charge < -0.3 is 10.8 Å². The van der Waals surface area contributed by atoms with E-state index in [0.29, 0.717) is 0 Å². The Labute approximate surface area is 64.8 Å². The van der Waals surface area contributed by atoms with Gasteiger partial charge in [-0.1, -0.05) is 13.8 Å². The third-order valence-electron chi connectivity index (χ3n) is 1.00. The van der Waals surface area contributed by atoms with Gasteiger partial charge in [0.1, 0.15) is 6.04 Å². The zero-order valence-corrected chi connectivity index (χ0v) is 6.46. The topological polar surface area (TPSA) is 63.3 Å². The molecule has 1 atom stereocenters. The van der Waals surface area contributed by atoms with Gasteiger partial charge in [0, 0.05) is 16.8 Å². The van der Waals surface area contributed by atoms with E-state index in [4.69, 9.17) is 10.8 Å². The number of hydrogen-bond acceptors (Lipinski definition) is 2. The van der Waals surface area contributed by atoms with Crippen molar-refractivity contribution in [3.05, 3.63) is 0 Å². The molecule has 0 aliphatic carbocycles. The van der Waals surface area contributed by atoms with Crippen LogP contribution in [-0.4, -0.2) is 17.1 Å². The summed E-state index contributed by atoms with van der Waals surface area (Å²) >= 11 is 0. The first-order valence-corrected chi connectivity index (χ1v) is 2.54. The van der Waals surface area contributed by atoms with Crippen LogP contribution in [0, 0.1) is 5.92 Å². The van der Waals surface area contributed by atoms with Gasteiger partial charge in [-0.05, 0) is 5.92 Å². The van der Waals surface area contributed by atoms with Crippen molar-refractivity contribution in [1.82, 2.24) is 0 Å². The van der Waals surface area contributed by atoms with Crippen molar-refractivity contribution in [1.29, 1.82) is 0 Å². The van der Waals surface area contributed by atoms with Gasteiger partial charge in [-0.2, -0.15) is 0 Å². The van der Waals surface area contributed by atoms with E-state index in [9.17, 15) is 4.79 Å². The second-order valence-electron chi connectivity index (χ2n) is 2.11. The monoisotopic (exact) mass is 176 g/mol. The number of carbonyl (C=O) groups is 1. The van der Waals surface area contributed by atoms with Crippen LogP contribution in [0.2, 0.25) is 0 Å². The summed E-state index contributed by atoms with van der Waals surface area (Å²) in [6.07, 6.45) is 0. The van der Waals surface area contributed by atoms with Gasteiger partial charge in [-0.25, -0.2) is 0 Å². The maximum atomic E-state index is 10.0. The molecule has 1 unspecified atom stereocenters. The van der Waals surface area contributed by atoms with Crippen LogP contribution >= 0.6 is 0 Å². The van der Waals surface area contributed by atoms with E-state index in [1.807, 2.05) is 0 Å². The quantitative estimate of drug-likeness (QED) is 0.624. The Morgan fingerprint density at radius 3 is 1.89 bits per heavy atom. The number of nitrogens with two attached hydrogens (primary N) is 1. The molecule has 0 amide bonds. The summed E-state index contributed by atoms with van der Waals surface area (Å²) in [6, 6.07) is -0.713. The van der Waals surface area contributed by atoms with Crippen LogP contribution in [0.3, 0.4) is 0 Å². The number of carboxylic acid groups (broad SMARTS) is 1. The summed E-state index contributed by atoms with van der Waals surface area (Å²) < 4.78 is 0. The zero-order valence-electron chi connectivity index (χ0n) is 5.42. The Kier molecular flexibility index (Phi) is 6.22. The SMILES string of the molecule is CC(C)C(N)C(=O)O.[Co]. The minimum absolute atomic E-state index is 0. The third kappa shape index (κ3) is 4.44. The second kappa shape index (κ2) is 4.78. The second-order valence-corrected chi connectivity index (χ2v) is 2.11. The largest absolute Gasteiger partial charge is 0.480 e. The molecule has 1 radical (unpaired) electrons. The molecule has 0 fully saturated rings. The van der Waals surface area contributed by atoms with Crippen molar-refractivity contribution in [3.63, 3.8) is 0 Å². The molecular formula is C5H11CoNO2. The fraction of sp³-hybridized carbons (Fsp3) is 0.800. The molecule has 0 rings (SSSR count). The predicted molar refractivity (Wildman–Crippen MR) is 30.4 cm³/mol. The summed E-state index contributed by atoms with van der Waals surface area (Å²) in [6.45, 7) is 3.55. The Bertz CT molecular complexity index is 95.0. The maximum absolute atomic E-state index is 10.0. The molecule has 0 aliphatic rings. The van der Waals surface area contributed by atoms with Gasteiger partial charge in [0.05, 0.1) is 0 Å². The third-order valence-corrected chi connectivity index (χ3v) is 1.00. The van der Waals surface area contributed by atoms with Crippen LogP contribution in [0.25, 0.3) is 0 Å². The van der Waals surface area contributed by atoms with E-state index in [0.717, 1.165) is 0 Å². The van der Waals surface area contributed by atoms with E-state index in [2.05, 4.69) is 0 Å². The first kappa shape index (κ1) is 11.7. The van der Waals surface area contributed by atoms with Crippen LogP contribution in [0.1, 0.15) is 13.8 Å². The molecule has 0 saturated carbocycles. The molecule has 0 spiro atoms. The minimum Gasteiger partial charge on any atom is -0.480 e. The van der Waals surface area contributed by atoms with Crippen LogP contribution in [-0.2, 0) is 21.6 Å². The van der Waals surface area contributed by atoms with Crippen molar-refractivity contribution >= 4 is 5.97 Å². The van der Waals surface area contributed by atoms with E-state index in [-0.39, 0.29) is 22.7 Å². The van der Waals surface area contributed by atoms with Gasteiger partial charge in [0.15, 0.2) is 0 Å². The Morgan fingerprint density at radius 2 is 1.89 bits per heavy atom. The molecule has 0 aliphatic heterocycles. The zero-order chi connectivity index (χ0) is 6.73. The predicted octanol–water partition coefficient (Wildman–Crippen LogP) is 0.0518. The minimum atomic E-state index is -0.931. The van der Waals surface area contributed by atoms with Crippen LogP contribution in [0.15, 0.2) is 0 Å². The maximum Gasteiger partial charge on any atom is 0.320 e. The molecule has 0 aromatic heterocycles. The molecule has 57 valence electrons. The fourth-order valence-electron chi connectivity index (χ4n) is 0.285. The summed E-state index contributed by atoms with van der Waals surface area (Å²) in [5.41, 5.74) is 5.16. The van der Waals surface area contributed by atoms with Crippen LogP contribution in [0.4, 0.5) is 0 Å². The van der Waals surface area contributed by atoms with Crippen molar-refractivity contribution < 1.29 is 26.7 Å². The summed E-state index contributed by atoms with van der Waals surface area (Å²) in [4.78, 5) is 10.0. The normalized spacial score (nSPS) is 12.4.